The van der Waals surface area contributed by atoms with Crippen molar-refractivity contribution in [2.45, 2.75) is 13.3 Å². The quantitative estimate of drug-likeness (QED) is 0.923. The van der Waals surface area contributed by atoms with Crippen LogP contribution >= 0.6 is 0 Å². The largest absolute Gasteiger partial charge is 0.481 e. The average Bonchev–Trinajstić information content (AvgIpc) is 2.45. The smallest absolute Gasteiger partial charge is 0.308 e. The summed E-state index contributed by atoms with van der Waals surface area (Å²) >= 11 is 0. The summed E-state index contributed by atoms with van der Waals surface area (Å²) in [5.74, 6) is -1.13. The standard InChI is InChI=1S/C16H17FN2O2/c1-10-6-11(16(20)21)9-19(8-10)15-4-5-18-14-7-12(17)2-3-13(14)15/h2-5,7,10-11H,6,8-9H2,1H3,(H,20,21). The molecule has 1 aliphatic heterocycles. The highest BCUT2D eigenvalue weighted by atomic mass is 19.1. The molecule has 4 nitrogen and oxygen atoms in total. The number of benzene rings is 1. The first-order chi connectivity index (χ1) is 10.0. The van der Waals surface area contributed by atoms with Crippen molar-refractivity contribution in [2.75, 3.05) is 18.0 Å². The van der Waals surface area contributed by atoms with Crippen LogP contribution in [0.3, 0.4) is 0 Å². The maximum absolute atomic E-state index is 13.3. The molecule has 2 atom stereocenters. The Morgan fingerprint density at radius 2 is 2.19 bits per heavy atom. The van der Waals surface area contributed by atoms with Crippen molar-refractivity contribution in [1.29, 1.82) is 0 Å². The number of pyridine rings is 1. The van der Waals surface area contributed by atoms with Gasteiger partial charge in [-0.15, -0.1) is 0 Å². The molecule has 1 N–H and O–H groups in total. The van der Waals surface area contributed by atoms with E-state index in [4.69, 9.17) is 0 Å². The molecule has 0 spiro atoms. The van der Waals surface area contributed by atoms with E-state index >= 15 is 0 Å². The van der Waals surface area contributed by atoms with Gasteiger partial charge in [-0.2, -0.15) is 0 Å². The van der Waals surface area contributed by atoms with Crippen LogP contribution < -0.4 is 4.90 Å². The number of hydrogen-bond acceptors (Lipinski definition) is 3. The van der Waals surface area contributed by atoms with Gasteiger partial charge >= 0.3 is 5.97 Å². The van der Waals surface area contributed by atoms with E-state index in [0.717, 1.165) is 17.6 Å². The van der Waals surface area contributed by atoms with Crippen LogP contribution in [0.25, 0.3) is 10.9 Å². The second kappa shape index (κ2) is 5.31. The van der Waals surface area contributed by atoms with E-state index in [1.54, 1.807) is 12.3 Å². The maximum atomic E-state index is 13.3. The fourth-order valence-corrected chi connectivity index (χ4v) is 3.11. The number of carbonyl (C=O) groups is 1. The molecule has 1 saturated heterocycles. The molecule has 2 aromatic rings. The first-order valence-electron chi connectivity index (χ1n) is 7.06. The van der Waals surface area contributed by atoms with Crippen molar-refractivity contribution in [2.24, 2.45) is 11.8 Å². The predicted octanol–water partition coefficient (Wildman–Crippen LogP) is 2.92. The number of carboxylic acids is 1. The zero-order chi connectivity index (χ0) is 15.0. The molecule has 5 heteroatoms. The lowest BCUT2D eigenvalue weighted by atomic mass is 9.90. The number of nitrogens with zero attached hydrogens (tertiary/aromatic N) is 2. The van der Waals surface area contributed by atoms with Crippen molar-refractivity contribution < 1.29 is 14.3 Å². The van der Waals surface area contributed by atoms with E-state index in [9.17, 15) is 14.3 Å². The minimum atomic E-state index is -0.754. The Bertz CT molecular complexity index is 689. The van der Waals surface area contributed by atoms with E-state index in [0.29, 0.717) is 24.4 Å². The molecule has 0 saturated carbocycles. The van der Waals surface area contributed by atoms with Gasteiger partial charge in [-0.3, -0.25) is 9.78 Å². The zero-order valence-electron chi connectivity index (χ0n) is 11.8. The molecule has 110 valence electrons. The van der Waals surface area contributed by atoms with E-state index in [1.165, 1.54) is 12.1 Å². The lowest BCUT2D eigenvalue weighted by Crippen LogP contribution is -2.42. The van der Waals surface area contributed by atoms with Crippen LogP contribution in [0.4, 0.5) is 10.1 Å². The Morgan fingerprint density at radius 3 is 2.95 bits per heavy atom. The summed E-state index contributed by atoms with van der Waals surface area (Å²) in [6, 6.07) is 6.40. The van der Waals surface area contributed by atoms with Crippen LogP contribution in [0.1, 0.15) is 13.3 Å². The molecule has 3 rings (SSSR count). The van der Waals surface area contributed by atoms with Crippen LogP contribution in [0.5, 0.6) is 0 Å². The molecule has 1 aromatic heterocycles. The number of halogens is 1. The van der Waals surface area contributed by atoms with Crippen molar-refractivity contribution in [3.63, 3.8) is 0 Å². The molecule has 0 radical (unpaired) electrons. The highest BCUT2D eigenvalue weighted by molar-refractivity contribution is 5.91. The Kier molecular flexibility index (Phi) is 3.49. The molecule has 0 amide bonds. The predicted molar refractivity (Wildman–Crippen MR) is 78.8 cm³/mol. The third-order valence-electron chi connectivity index (χ3n) is 4.03. The first kappa shape index (κ1) is 13.8. The van der Waals surface area contributed by atoms with Gasteiger partial charge in [0.25, 0.3) is 0 Å². The maximum Gasteiger partial charge on any atom is 0.308 e. The van der Waals surface area contributed by atoms with Gasteiger partial charge in [-0.25, -0.2) is 4.39 Å². The SMILES string of the molecule is CC1CC(C(=O)O)CN(c2ccnc3cc(F)ccc23)C1. The Morgan fingerprint density at radius 1 is 1.38 bits per heavy atom. The van der Waals surface area contributed by atoms with Crippen LogP contribution in [0.15, 0.2) is 30.5 Å². The Labute approximate surface area is 122 Å². The summed E-state index contributed by atoms with van der Waals surface area (Å²) in [6.45, 7) is 3.35. The summed E-state index contributed by atoms with van der Waals surface area (Å²) in [5, 5.41) is 10.1. The van der Waals surface area contributed by atoms with Gasteiger partial charge < -0.3 is 10.0 Å². The Hall–Kier alpha value is -2.17. The molecular weight excluding hydrogens is 271 g/mol. The van der Waals surface area contributed by atoms with Gasteiger partial charge in [-0.1, -0.05) is 6.92 Å². The minimum Gasteiger partial charge on any atom is -0.481 e. The number of hydrogen-bond donors (Lipinski definition) is 1. The first-order valence-corrected chi connectivity index (χ1v) is 7.06. The fraction of sp³-hybridized carbons (Fsp3) is 0.375. The minimum absolute atomic E-state index is 0.309. The number of aromatic nitrogens is 1. The summed E-state index contributed by atoms with van der Waals surface area (Å²) < 4.78 is 13.3. The van der Waals surface area contributed by atoms with Gasteiger partial charge in [0.05, 0.1) is 11.4 Å². The topological polar surface area (TPSA) is 53.4 Å². The molecule has 21 heavy (non-hydrogen) atoms. The van der Waals surface area contributed by atoms with E-state index in [2.05, 4.69) is 16.8 Å². The number of piperidine rings is 1. The van der Waals surface area contributed by atoms with Gasteiger partial charge in [0.1, 0.15) is 5.82 Å². The highest BCUT2D eigenvalue weighted by Gasteiger charge is 2.30. The molecule has 1 fully saturated rings. The number of anilines is 1. The molecular formula is C16H17FN2O2. The van der Waals surface area contributed by atoms with Gasteiger partial charge in [0.15, 0.2) is 0 Å². The van der Waals surface area contributed by atoms with Crippen LogP contribution in [0.2, 0.25) is 0 Å². The molecule has 2 heterocycles. The Balaban J connectivity index is 2.01. The fourth-order valence-electron chi connectivity index (χ4n) is 3.11. The molecule has 0 aliphatic carbocycles. The van der Waals surface area contributed by atoms with Crippen molar-refractivity contribution in [1.82, 2.24) is 4.98 Å². The van der Waals surface area contributed by atoms with Crippen molar-refractivity contribution in [3.8, 4) is 0 Å². The lowest BCUT2D eigenvalue weighted by molar-refractivity contribution is -0.142. The highest BCUT2D eigenvalue weighted by Crippen LogP contribution is 2.31. The number of rotatable bonds is 2. The average molecular weight is 288 g/mol. The second-order valence-corrected chi connectivity index (χ2v) is 5.77. The zero-order valence-corrected chi connectivity index (χ0v) is 11.8. The summed E-state index contributed by atoms with van der Waals surface area (Å²) in [6.07, 6.45) is 2.34. The molecule has 2 unspecified atom stereocenters. The van der Waals surface area contributed by atoms with E-state index < -0.39 is 5.97 Å². The third kappa shape index (κ3) is 2.68. The summed E-state index contributed by atoms with van der Waals surface area (Å²) in [5.41, 5.74) is 1.52. The van der Waals surface area contributed by atoms with Gasteiger partial charge in [-0.05, 0) is 30.5 Å². The van der Waals surface area contributed by atoms with Crippen LogP contribution in [-0.2, 0) is 4.79 Å². The monoisotopic (exact) mass is 288 g/mol. The normalized spacial score (nSPS) is 22.5. The second-order valence-electron chi connectivity index (χ2n) is 5.77. The van der Waals surface area contributed by atoms with E-state index in [-0.39, 0.29) is 11.7 Å². The third-order valence-corrected chi connectivity index (χ3v) is 4.03. The van der Waals surface area contributed by atoms with Crippen molar-refractivity contribution >= 4 is 22.6 Å². The number of aliphatic carboxylic acids is 1. The van der Waals surface area contributed by atoms with Gasteiger partial charge in [0, 0.05) is 36.4 Å². The summed E-state index contributed by atoms with van der Waals surface area (Å²) in [4.78, 5) is 17.6. The molecule has 1 aliphatic rings. The van der Waals surface area contributed by atoms with Gasteiger partial charge in [0.2, 0.25) is 0 Å². The number of carboxylic acid groups (broad SMARTS) is 1. The summed E-state index contributed by atoms with van der Waals surface area (Å²) in [7, 11) is 0. The molecule has 0 bridgehead atoms. The van der Waals surface area contributed by atoms with E-state index in [1.807, 2.05) is 6.07 Å². The number of fused-ring (bicyclic) bond motifs is 1. The lowest BCUT2D eigenvalue weighted by Gasteiger charge is -2.36. The van der Waals surface area contributed by atoms with Crippen LogP contribution in [-0.4, -0.2) is 29.1 Å². The van der Waals surface area contributed by atoms with Crippen LogP contribution in [0, 0.1) is 17.7 Å². The molecule has 1 aromatic carbocycles. The van der Waals surface area contributed by atoms with Crippen molar-refractivity contribution in [3.05, 3.63) is 36.3 Å².